The Morgan fingerprint density at radius 1 is 1.33 bits per heavy atom. The van der Waals surface area contributed by atoms with E-state index in [0.717, 1.165) is 30.5 Å². The molecule has 0 saturated heterocycles. The van der Waals surface area contributed by atoms with Crippen molar-refractivity contribution in [3.8, 4) is 0 Å². The van der Waals surface area contributed by atoms with Crippen LogP contribution in [0.4, 0.5) is 17.5 Å². The number of carbonyl (C=O) groups excluding carboxylic acids is 1. The van der Waals surface area contributed by atoms with Crippen molar-refractivity contribution >= 4 is 23.4 Å². The lowest BCUT2D eigenvalue weighted by Crippen LogP contribution is -2.40. The van der Waals surface area contributed by atoms with Gasteiger partial charge in [0.1, 0.15) is 5.56 Å². The van der Waals surface area contributed by atoms with Gasteiger partial charge in [-0.2, -0.15) is 4.98 Å². The molecule has 0 bridgehead atoms. The SMILES string of the molecule is Cc1cccc(Nc2nc(N[C@@H]3CCC[C@H]3N(C)C)[nH]c(=O)c2C(N)=O)c1. The maximum Gasteiger partial charge on any atom is 0.267 e. The van der Waals surface area contributed by atoms with Gasteiger partial charge in [-0.15, -0.1) is 0 Å². The average molecular weight is 370 g/mol. The molecule has 1 heterocycles. The predicted octanol–water partition coefficient (Wildman–Crippen LogP) is 1.82. The second kappa shape index (κ2) is 7.79. The number of rotatable bonds is 6. The van der Waals surface area contributed by atoms with Crippen molar-refractivity contribution in [3.05, 3.63) is 45.7 Å². The molecule has 1 aliphatic rings. The number of nitrogens with two attached hydrogens (primary N) is 1. The van der Waals surface area contributed by atoms with Crippen LogP contribution in [0.25, 0.3) is 0 Å². The van der Waals surface area contributed by atoms with Gasteiger partial charge >= 0.3 is 0 Å². The number of nitrogens with one attached hydrogen (secondary N) is 3. The molecular weight excluding hydrogens is 344 g/mol. The molecule has 0 aliphatic heterocycles. The summed E-state index contributed by atoms with van der Waals surface area (Å²) >= 11 is 0. The van der Waals surface area contributed by atoms with Crippen LogP contribution in [0.2, 0.25) is 0 Å². The summed E-state index contributed by atoms with van der Waals surface area (Å²) in [5.41, 5.74) is 6.44. The molecule has 0 spiro atoms. The fourth-order valence-corrected chi connectivity index (χ4v) is 3.62. The summed E-state index contributed by atoms with van der Waals surface area (Å²) in [6, 6.07) is 8.12. The molecule has 1 amide bonds. The molecule has 1 aliphatic carbocycles. The molecule has 1 aromatic carbocycles. The molecule has 0 unspecified atom stereocenters. The van der Waals surface area contributed by atoms with Crippen LogP contribution in [0, 0.1) is 6.92 Å². The van der Waals surface area contributed by atoms with Crippen molar-refractivity contribution in [2.45, 2.75) is 38.3 Å². The Bertz CT molecular complexity index is 892. The highest BCUT2D eigenvalue weighted by molar-refractivity contribution is 5.98. The van der Waals surface area contributed by atoms with E-state index in [9.17, 15) is 9.59 Å². The van der Waals surface area contributed by atoms with E-state index in [2.05, 4.69) is 25.5 Å². The molecule has 1 saturated carbocycles. The first-order valence-corrected chi connectivity index (χ1v) is 9.06. The Morgan fingerprint density at radius 3 is 2.78 bits per heavy atom. The number of primary amides is 1. The smallest absolute Gasteiger partial charge is 0.267 e. The van der Waals surface area contributed by atoms with Gasteiger partial charge in [-0.25, -0.2) is 0 Å². The number of aromatic nitrogens is 2. The summed E-state index contributed by atoms with van der Waals surface area (Å²) in [7, 11) is 4.09. The van der Waals surface area contributed by atoms with E-state index < -0.39 is 11.5 Å². The zero-order valence-corrected chi connectivity index (χ0v) is 15.9. The Morgan fingerprint density at radius 2 is 2.11 bits per heavy atom. The van der Waals surface area contributed by atoms with Crippen LogP contribution in [-0.2, 0) is 0 Å². The number of likely N-dealkylation sites (N-methyl/N-ethyl adjacent to an activating group) is 1. The highest BCUT2D eigenvalue weighted by atomic mass is 16.2. The van der Waals surface area contributed by atoms with Crippen molar-refractivity contribution in [1.29, 1.82) is 0 Å². The largest absolute Gasteiger partial charge is 0.365 e. The number of benzene rings is 1. The topological polar surface area (TPSA) is 116 Å². The summed E-state index contributed by atoms with van der Waals surface area (Å²) in [5.74, 6) is -0.338. The lowest BCUT2D eigenvalue weighted by molar-refractivity contribution is 0.0999. The van der Waals surface area contributed by atoms with E-state index in [1.165, 1.54) is 0 Å². The minimum atomic E-state index is -0.822. The standard InChI is InChI=1S/C19H26N6O2/c1-11-6-4-7-12(10-11)21-17-15(16(20)26)18(27)24-19(23-17)22-13-8-5-9-14(13)25(2)3/h4,6-7,10,13-14H,5,8-9H2,1-3H3,(H2,20,26)(H3,21,22,23,24,27)/t13-,14-/m1/s1. The number of aryl methyl sites for hydroxylation is 1. The highest BCUT2D eigenvalue weighted by Crippen LogP contribution is 2.25. The van der Waals surface area contributed by atoms with Gasteiger partial charge in [0.05, 0.1) is 0 Å². The van der Waals surface area contributed by atoms with Crippen molar-refractivity contribution in [2.24, 2.45) is 5.73 Å². The van der Waals surface area contributed by atoms with Crippen LogP contribution in [-0.4, -0.2) is 47.0 Å². The molecule has 1 fully saturated rings. The summed E-state index contributed by atoms with van der Waals surface area (Å²) in [6.45, 7) is 1.96. The summed E-state index contributed by atoms with van der Waals surface area (Å²) in [4.78, 5) is 33.5. The highest BCUT2D eigenvalue weighted by Gasteiger charge is 2.29. The maximum atomic E-state index is 12.5. The number of H-pyrrole nitrogens is 1. The Balaban J connectivity index is 1.93. The molecule has 2 aromatic rings. The molecular formula is C19H26N6O2. The first-order valence-electron chi connectivity index (χ1n) is 9.06. The Hall–Kier alpha value is -2.87. The third-order valence-corrected chi connectivity index (χ3v) is 4.91. The number of nitrogens with zero attached hydrogens (tertiary/aromatic N) is 2. The van der Waals surface area contributed by atoms with Crippen molar-refractivity contribution in [1.82, 2.24) is 14.9 Å². The Labute approximate surface area is 158 Å². The first kappa shape index (κ1) is 18.9. The predicted molar refractivity (Wildman–Crippen MR) is 107 cm³/mol. The van der Waals surface area contributed by atoms with Gasteiger partial charge in [-0.1, -0.05) is 12.1 Å². The van der Waals surface area contributed by atoms with Gasteiger partial charge in [0, 0.05) is 17.8 Å². The third kappa shape index (κ3) is 4.28. The van der Waals surface area contributed by atoms with Gasteiger partial charge in [0.15, 0.2) is 5.82 Å². The van der Waals surface area contributed by atoms with Crippen LogP contribution in [0.5, 0.6) is 0 Å². The monoisotopic (exact) mass is 370 g/mol. The van der Waals surface area contributed by atoms with Crippen LogP contribution in [0.15, 0.2) is 29.1 Å². The molecule has 5 N–H and O–H groups in total. The first-order chi connectivity index (χ1) is 12.8. The van der Waals surface area contributed by atoms with Gasteiger partial charge in [-0.3, -0.25) is 14.6 Å². The minimum absolute atomic E-state index is 0.152. The zero-order chi connectivity index (χ0) is 19.6. The zero-order valence-electron chi connectivity index (χ0n) is 15.9. The van der Waals surface area contributed by atoms with E-state index >= 15 is 0 Å². The number of hydrogen-bond donors (Lipinski definition) is 4. The fraction of sp³-hybridized carbons (Fsp3) is 0.421. The summed E-state index contributed by atoms with van der Waals surface area (Å²) in [5, 5.41) is 6.37. The van der Waals surface area contributed by atoms with Gasteiger partial charge in [0.2, 0.25) is 5.95 Å². The van der Waals surface area contributed by atoms with E-state index in [1.54, 1.807) is 0 Å². The number of anilines is 3. The normalized spacial score (nSPS) is 19.3. The van der Waals surface area contributed by atoms with E-state index in [4.69, 9.17) is 5.73 Å². The fourth-order valence-electron chi connectivity index (χ4n) is 3.62. The van der Waals surface area contributed by atoms with Crippen LogP contribution in [0.1, 0.15) is 35.2 Å². The number of hydrogen-bond acceptors (Lipinski definition) is 6. The van der Waals surface area contributed by atoms with E-state index in [0.29, 0.717) is 12.0 Å². The molecule has 144 valence electrons. The maximum absolute atomic E-state index is 12.5. The third-order valence-electron chi connectivity index (χ3n) is 4.91. The van der Waals surface area contributed by atoms with E-state index in [-0.39, 0.29) is 17.4 Å². The van der Waals surface area contributed by atoms with Gasteiger partial charge < -0.3 is 21.3 Å². The second-order valence-corrected chi connectivity index (χ2v) is 7.21. The molecule has 0 radical (unpaired) electrons. The van der Waals surface area contributed by atoms with Crippen molar-refractivity contribution in [3.63, 3.8) is 0 Å². The van der Waals surface area contributed by atoms with E-state index in [1.807, 2.05) is 45.3 Å². The average Bonchev–Trinajstić information content (AvgIpc) is 3.02. The van der Waals surface area contributed by atoms with Crippen LogP contribution < -0.4 is 21.9 Å². The van der Waals surface area contributed by atoms with Crippen molar-refractivity contribution in [2.75, 3.05) is 24.7 Å². The van der Waals surface area contributed by atoms with Gasteiger partial charge in [-0.05, 0) is 58.0 Å². The second-order valence-electron chi connectivity index (χ2n) is 7.21. The number of aromatic amines is 1. The molecule has 1 aromatic heterocycles. The Kier molecular flexibility index (Phi) is 5.46. The summed E-state index contributed by atoms with van der Waals surface area (Å²) < 4.78 is 0. The molecule has 2 atom stereocenters. The lowest BCUT2D eigenvalue weighted by atomic mass is 10.1. The minimum Gasteiger partial charge on any atom is -0.365 e. The summed E-state index contributed by atoms with van der Waals surface area (Å²) in [6.07, 6.45) is 3.19. The lowest BCUT2D eigenvalue weighted by Gasteiger charge is -2.27. The number of carbonyl (C=O) groups is 1. The number of amides is 1. The quantitative estimate of drug-likeness (QED) is 0.616. The van der Waals surface area contributed by atoms with Gasteiger partial charge in [0.25, 0.3) is 11.5 Å². The van der Waals surface area contributed by atoms with Crippen LogP contribution in [0.3, 0.4) is 0 Å². The van der Waals surface area contributed by atoms with Crippen LogP contribution >= 0.6 is 0 Å². The molecule has 3 rings (SSSR count). The molecule has 8 nitrogen and oxygen atoms in total. The molecule has 27 heavy (non-hydrogen) atoms. The molecule has 8 heteroatoms. The van der Waals surface area contributed by atoms with Crippen molar-refractivity contribution < 1.29 is 4.79 Å².